The summed E-state index contributed by atoms with van der Waals surface area (Å²) in [5.41, 5.74) is -2.47. The maximum Gasteiger partial charge on any atom is 0.187 e. The molecule has 5 saturated heterocycles. The Morgan fingerprint density at radius 2 is 0.921 bits per heavy atom. The highest BCUT2D eigenvalue weighted by Gasteiger charge is 2.71. The van der Waals surface area contributed by atoms with Gasteiger partial charge in [-0.05, 0) is 99.7 Å². The molecule has 5 heterocycles. The first-order chi connectivity index (χ1) is 41.7. The van der Waals surface area contributed by atoms with E-state index in [-0.39, 0.29) is 40.9 Å². The SMILES string of the molecule is C[C@H](CC[C@@H](O[C@@H]1O[C@H](CO)[C@@H](O)[C@H](O)[C@H]1O[C@H]1O[C@@H](CO)[C@H](O)[C@@H](O[C@H]2O[C@@H](CO)[C@H](O)[C@@H](O)[C@@H]2O)[C@@H]1O)C(C)(C)O)C1CC[C@@]2(C)C3CC=C4C(CC[C@H](O[C@@H]5O[C@H](CO)[C@@H](O)[C@H](O[C@@H]6O[C@H](CO)[C@@H](O)[C@H](O)[C@H]6O)[C@H]5O)C4(C)C)[C@]3(C)[C@H](O)C[C@]12C. The van der Waals surface area contributed by atoms with E-state index in [2.05, 4.69) is 33.8 Å². The van der Waals surface area contributed by atoms with E-state index < -0.39 is 221 Å². The molecule has 0 spiro atoms. The molecule has 4 aliphatic carbocycles. The molecule has 0 amide bonds. The lowest BCUT2D eigenvalue weighted by Crippen LogP contribution is -2.67. The third kappa shape index (κ3) is 12.8. The van der Waals surface area contributed by atoms with Gasteiger partial charge in [0.25, 0.3) is 0 Å². The van der Waals surface area contributed by atoms with Crippen molar-refractivity contribution in [3.8, 4) is 0 Å². The minimum Gasteiger partial charge on any atom is -0.394 e. The Balaban J connectivity index is 0.879. The Kier molecular flexibility index (Phi) is 22.3. The van der Waals surface area contributed by atoms with Crippen molar-refractivity contribution in [3.05, 3.63) is 11.6 Å². The highest BCUT2D eigenvalue weighted by atomic mass is 16.8. The lowest BCUT2D eigenvalue weighted by molar-refractivity contribution is -0.390. The van der Waals surface area contributed by atoms with Crippen LogP contribution in [0.1, 0.15) is 107 Å². The first kappa shape index (κ1) is 71.9. The predicted molar refractivity (Wildman–Crippen MR) is 300 cm³/mol. The lowest BCUT2D eigenvalue weighted by atomic mass is 9.38. The summed E-state index contributed by atoms with van der Waals surface area (Å²) >= 11 is 0. The molecule has 19 N–H and O–H groups in total. The molecule has 89 heavy (non-hydrogen) atoms. The molecule has 516 valence electrons. The molecular weight excluding hydrogens is 1180 g/mol. The van der Waals surface area contributed by atoms with Crippen LogP contribution in [0, 0.1) is 45.3 Å². The Morgan fingerprint density at radius 3 is 1.39 bits per heavy atom. The van der Waals surface area contributed by atoms with Crippen LogP contribution in [0.15, 0.2) is 11.6 Å². The zero-order valence-corrected chi connectivity index (χ0v) is 51.8. The molecule has 5 aliphatic heterocycles. The van der Waals surface area contributed by atoms with Crippen LogP contribution in [-0.2, 0) is 47.4 Å². The fourth-order valence-corrected chi connectivity index (χ4v) is 17.2. The molecule has 9 aliphatic rings. The van der Waals surface area contributed by atoms with Gasteiger partial charge < -0.3 is 144 Å². The number of fused-ring (bicyclic) bond motifs is 5. The highest BCUT2D eigenvalue weighted by Crippen LogP contribution is 2.75. The van der Waals surface area contributed by atoms with Crippen molar-refractivity contribution in [1.29, 1.82) is 0 Å². The topological polar surface area (TPSA) is 477 Å². The smallest absolute Gasteiger partial charge is 0.187 e. The van der Waals surface area contributed by atoms with Crippen molar-refractivity contribution in [1.82, 2.24) is 0 Å². The van der Waals surface area contributed by atoms with Gasteiger partial charge in [-0.1, -0.05) is 53.2 Å². The summed E-state index contributed by atoms with van der Waals surface area (Å²) in [5.74, 6) is 0.00328. The fraction of sp³-hybridized carbons (Fsp3) is 0.967. The van der Waals surface area contributed by atoms with Crippen molar-refractivity contribution in [2.75, 3.05) is 33.0 Å². The van der Waals surface area contributed by atoms with Crippen molar-refractivity contribution in [2.45, 2.75) is 284 Å². The second kappa shape index (κ2) is 27.6. The van der Waals surface area contributed by atoms with E-state index in [1.807, 2.05) is 13.8 Å². The molecule has 0 aromatic carbocycles. The van der Waals surface area contributed by atoms with Crippen molar-refractivity contribution in [2.24, 2.45) is 45.3 Å². The number of hydrogen-bond acceptors (Lipinski definition) is 29. The Bertz CT molecular complexity index is 2350. The Morgan fingerprint density at radius 1 is 0.494 bits per heavy atom. The molecule has 0 aromatic rings. The Hall–Kier alpha value is -1.42. The van der Waals surface area contributed by atoms with Crippen molar-refractivity contribution >= 4 is 0 Å². The maximum absolute atomic E-state index is 12.8. The third-order valence-corrected chi connectivity index (χ3v) is 22.9. The molecule has 29 heteroatoms. The summed E-state index contributed by atoms with van der Waals surface area (Å²) in [6.07, 6.45) is -38.4. The van der Waals surface area contributed by atoms with E-state index in [0.29, 0.717) is 32.1 Å². The highest BCUT2D eigenvalue weighted by molar-refractivity contribution is 5.32. The summed E-state index contributed by atoms with van der Waals surface area (Å²) < 4.78 is 59.5. The Labute approximate surface area is 517 Å². The monoisotopic (exact) mass is 1290 g/mol. The van der Waals surface area contributed by atoms with Gasteiger partial charge in [0, 0.05) is 10.8 Å². The number of ether oxygens (including phenoxy) is 10. The van der Waals surface area contributed by atoms with Gasteiger partial charge >= 0.3 is 0 Å². The van der Waals surface area contributed by atoms with Gasteiger partial charge in [0.2, 0.25) is 0 Å². The average Bonchev–Trinajstić information content (AvgIpc) is 1.66. The maximum atomic E-state index is 12.8. The molecule has 3 saturated carbocycles. The first-order valence-corrected chi connectivity index (χ1v) is 31.6. The van der Waals surface area contributed by atoms with Crippen LogP contribution < -0.4 is 0 Å². The van der Waals surface area contributed by atoms with Gasteiger partial charge in [-0.15, -0.1) is 0 Å². The minimum atomic E-state index is -2.04. The fourth-order valence-electron chi connectivity index (χ4n) is 17.2. The first-order valence-electron chi connectivity index (χ1n) is 31.6. The normalized spacial score (nSPS) is 51.8. The molecule has 35 atom stereocenters. The molecule has 0 radical (unpaired) electrons. The van der Waals surface area contributed by atoms with Gasteiger partial charge in [-0.25, -0.2) is 0 Å². The van der Waals surface area contributed by atoms with Crippen molar-refractivity contribution in [3.63, 3.8) is 0 Å². The lowest BCUT2D eigenvalue weighted by Gasteiger charge is -2.67. The second-order valence-electron chi connectivity index (χ2n) is 28.6. The molecule has 9 rings (SSSR count). The van der Waals surface area contributed by atoms with Crippen LogP contribution in [0.3, 0.4) is 0 Å². The molecule has 0 bridgehead atoms. The van der Waals surface area contributed by atoms with Crippen LogP contribution in [-0.4, -0.2) is 308 Å². The quantitative estimate of drug-likeness (QED) is 0.0506. The predicted octanol–water partition coefficient (Wildman–Crippen LogP) is -5.41. The second-order valence-corrected chi connectivity index (χ2v) is 28.6. The van der Waals surface area contributed by atoms with Gasteiger partial charge in [-0.2, -0.15) is 0 Å². The summed E-state index contributed by atoms with van der Waals surface area (Å²) in [4.78, 5) is 0. The summed E-state index contributed by atoms with van der Waals surface area (Å²) in [7, 11) is 0. The molecule has 3 unspecified atom stereocenters. The van der Waals surface area contributed by atoms with Gasteiger partial charge in [0.05, 0.1) is 56.9 Å². The van der Waals surface area contributed by atoms with Crippen LogP contribution >= 0.6 is 0 Å². The number of hydrogen-bond donors (Lipinski definition) is 19. The van der Waals surface area contributed by atoms with Crippen molar-refractivity contribution < 1.29 is 144 Å². The number of aliphatic hydroxyl groups excluding tert-OH is 18. The standard InChI is InChI=1S/C60H102O29/c1-23(9-13-35(57(4,5)79)86-55-50(43(74)38(69)29(20-63)84-55)89-54-47(78)49(40(71)31(22-65)83-54)88-52-45(76)42(73)37(68)28(19-62)81-52)24-15-16-58(6)32-12-10-25-26(60(32,8)33(66)17-59(24,58)7)11-14-34(56(25,2)3)85-53-46(77)48(39(70)30(21-64)82-53)87-51-44(75)41(72)36(67)27(18-61)80-51/h10,23-24,26-55,61-79H,9,11-22H2,1-8H3/t23-,24?,26?,27-,28+,29-,30-,31+,32?,33-,34+,35-,36-,37+,38-,39-,40+,41+,42-,43+,44-,45+,46-,47+,48+,49-,50-,51+,52-,53+,54-,55+,58+,59-,60+/m1/s1. The van der Waals surface area contributed by atoms with Crippen LogP contribution in [0.5, 0.6) is 0 Å². The minimum absolute atomic E-state index is 0.0238. The van der Waals surface area contributed by atoms with E-state index in [1.54, 1.807) is 0 Å². The largest absolute Gasteiger partial charge is 0.394 e. The summed E-state index contributed by atoms with van der Waals surface area (Å²) in [5, 5.41) is 206. The van der Waals surface area contributed by atoms with Gasteiger partial charge in [0.1, 0.15) is 122 Å². The molecule has 29 nitrogen and oxygen atoms in total. The van der Waals surface area contributed by atoms with Gasteiger partial charge in [0.15, 0.2) is 31.5 Å². The van der Waals surface area contributed by atoms with Crippen LogP contribution in [0.2, 0.25) is 0 Å². The number of aliphatic hydroxyl groups is 19. The zero-order chi connectivity index (χ0) is 65.5. The molecule has 8 fully saturated rings. The molecular formula is C60H102O29. The summed E-state index contributed by atoms with van der Waals surface area (Å²) in [6, 6.07) is 0. The zero-order valence-electron chi connectivity index (χ0n) is 51.8. The van der Waals surface area contributed by atoms with E-state index in [4.69, 9.17) is 47.4 Å². The van der Waals surface area contributed by atoms with E-state index >= 15 is 0 Å². The third-order valence-electron chi connectivity index (χ3n) is 22.9. The number of allylic oxidation sites excluding steroid dienone is 1. The van der Waals surface area contributed by atoms with E-state index in [9.17, 15) is 97.0 Å². The number of rotatable bonds is 20. The summed E-state index contributed by atoms with van der Waals surface area (Å²) in [6.45, 7) is 12.1. The van der Waals surface area contributed by atoms with E-state index in [0.717, 1.165) is 18.4 Å². The average molecular weight is 1290 g/mol. The van der Waals surface area contributed by atoms with Crippen LogP contribution in [0.4, 0.5) is 0 Å². The van der Waals surface area contributed by atoms with Crippen LogP contribution in [0.25, 0.3) is 0 Å². The van der Waals surface area contributed by atoms with Gasteiger partial charge in [-0.3, -0.25) is 0 Å². The molecule has 0 aromatic heterocycles. The van der Waals surface area contributed by atoms with E-state index in [1.165, 1.54) is 13.8 Å².